The molecule has 0 aromatic heterocycles. The molecule has 3 heteroatoms. The fourth-order valence-corrected chi connectivity index (χ4v) is 7.49. The fourth-order valence-electron chi connectivity index (χ4n) is 7.49. The number of allylic oxidation sites excluding steroid dienone is 1. The van der Waals surface area contributed by atoms with Crippen LogP contribution in [0.15, 0.2) is 11.6 Å². The summed E-state index contributed by atoms with van der Waals surface area (Å²) >= 11 is 0. The Balaban J connectivity index is 1.74. The van der Waals surface area contributed by atoms with E-state index in [4.69, 9.17) is 0 Å². The summed E-state index contributed by atoms with van der Waals surface area (Å²) < 4.78 is 0. The molecule has 4 rings (SSSR count). The molecule has 0 aromatic carbocycles. The van der Waals surface area contributed by atoms with E-state index in [1.807, 2.05) is 6.92 Å². The van der Waals surface area contributed by atoms with E-state index in [-0.39, 0.29) is 23.5 Å². The Morgan fingerprint density at radius 1 is 1.17 bits per heavy atom. The second-order valence-corrected chi connectivity index (χ2v) is 9.80. The van der Waals surface area contributed by atoms with Gasteiger partial charge < -0.3 is 15.3 Å². The minimum Gasteiger partial charge on any atom is -0.395 e. The Kier molecular flexibility index (Phi) is 3.77. The van der Waals surface area contributed by atoms with Gasteiger partial charge in [-0.25, -0.2) is 0 Å². The van der Waals surface area contributed by atoms with Gasteiger partial charge in [0, 0.05) is 5.41 Å². The summed E-state index contributed by atoms with van der Waals surface area (Å²) in [5.74, 6) is 1.98. The lowest BCUT2D eigenvalue weighted by Gasteiger charge is -2.61. The third-order valence-corrected chi connectivity index (χ3v) is 9.12. The van der Waals surface area contributed by atoms with E-state index in [1.54, 1.807) is 0 Å². The van der Waals surface area contributed by atoms with Crippen LogP contribution in [-0.4, -0.2) is 33.6 Å². The van der Waals surface area contributed by atoms with Crippen LogP contribution in [0.5, 0.6) is 0 Å². The predicted octanol–water partition coefficient (Wildman–Crippen LogP) is 3.28. The quantitative estimate of drug-likeness (QED) is 0.645. The Morgan fingerprint density at radius 2 is 1.88 bits per heavy atom. The molecule has 4 aliphatic carbocycles. The maximum absolute atomic E-state index is 11.0. The first-order valence-corrected chi connectivity index (χ1v) is 9.97. The summed E-state index contributed by atoms with van der Waals surface area (Å²) in [7, 11) is 0. The number of hydrogen-bond acceptors (Lipinski definition) is 3. The van der Waals surface area contributed by atoms with Gasteiger partial charge in [-0.2, -0.15) is 0 Å². The highest BCUT2D eigenvalue weighted by Gasteiger charge is 2.63. The third kappa shape index (κ3) is 1.95. The molecule has 0 aromatic rings. The van der Waals surface area contributed by atoms with Crippen molar-refractivity contribution in [1.82, 2.24) is 0 Å². The molecule has 3 unspecified atom stereocenters. The van der Waals surface area contributed by atoms with Crippen LogP contribution < -0.4 is 0 Å². The molecule has 3 fully saturated rings. The second kappa shape index (κ2) is 5.31. The molecule has 0 amide bonds. The fraction of sp³-hybridized carbons (Fsp3) is 0.905. The molecule has 0 bridgehead atoms. The van der Waals surface area contributed by atoms with E-state index in [9.17, 15) is 15.3 Å². The van der Waals surface area contributed by atoms with Crippen molar-refractivity contribution >= 4 is 0 Å². The average molecular weight is 335 g/mol. The first-order chi connectivity index (χ1) is 11.3. The van der Waals surface area contributed by atoms with Gasteiger partial charge in [0.15, 0.2) is 0 Å². The van der Waals surface area contributed by atoms with E-state index >= 15 is 0 Å². The van der Waals surface area contributed by atoms with Crippen LogP contribution in [0.25, 0.3) is 0 Å². The topological polar surface area (TPSA) is 60.7 Å². The van der Waals surface area contributed by atoms with Gasteiger partial charge in [-0.1, -0.05) is 25.5 Å². The number of hydrogen-bond donors (Lipinski definition) is 3. The van der Waals surface area contributed by atoms with Gasteiger partial charge in [0.05, 0.1) is 18.3 Å². The summed E-state index contributed by atoms with van der Waals surface area (Å²) in [5, 5.41) is 31.7. The molecule has 4 aliphatic rings. The Morgan fingerprint density at radius 3 is 2.58 bits per heavy atom. The monoisotopic (exact) mass is 334 g/mol. The Bertz CT molecular complexity index is 553. The van der Waals surface area contributed by atoms with Crippen LogP contribution in [0.4, 0.5) is 0 Å². The summed E-state index contributed by atoms with van der Waals surface area (Å²) in [5.41, 5.74) is 0.671. The van der Waals surface area contributed by atoms with Crippen LogP contribution in [0, 0.1) is 34.5 Å². The van der Waals surface area contributed by atoms with Crippen molar-refractivity contribution in [2.45, 2.75) is 77.4 Å². The van der Waals surface area contributed by atoms with Crippen molar-refractivity contribution in [1.29, 1.82) is 0 Å². The molecule has 3 nitrogen and oxygen atoms in total. The highest BCUT2D eigenvalue weighted by Crippen LogP contribution is 2.67. The van der Waals surface area contributed by atoms with Crippen molar-refractivity contribution < 1.29 is 15.3 Å². The molecule has 3 N–H and O–H groups in total. The van der Waals surface area contributed by atoms with Gasteiger partial charge >= 0.3 is 0 Å². The van der Waals surface area contributed by atoms with Crippen molar-refractivity contribution in [3.05, 3.63) is 11.6 Å². The van der Waals surface area contributed by atoms with Crippen LogP contribution >= 0.6 is 0 Å². The lowest BCUT2D eigenvalue weighted by molar-refractivity contribution is -0.134. The lowest BCUT2D eigenvalue weighted by Crippen LogP contribution is -2.57. The molecule has 0 radical (unpaired) electrons. The summed E-state index contributed by atoms with van der Waals surface area (Å²) in [4.78, 5) is 0. The van der Waals surface area contributed by atoms with Crippen LogP contribution in [-0.2, 0) is 0 Å². The number of aliphatic hydroxyl groups is 3. The smallest absolute Gasteiger partial charge is 0.0675 e. The molecule has 0 aliphatic heterocycles. The van der Waals surface area contributed by atoms with Gasteiger partial charge in [0.25, 0.3) is 0 Å². The van der Waals surface area contributed by atoms with Gasteiger partial charge in [0.1, 0.15) is 0 Å². The average Bonchev–Trinajstić information content (AvgIpc) is 2.77. The van der Waals surface area contributed by atoms with Gasteiger partial charge in [-0.3, -0.25) is 0 Å². The zero-order valence-electron chi connectivity index (χ0n) is 15.5. The molecule has 24 heavy (non-hydrogen) atoms. The SMILES string of the molecule is CC1CC(O)CC2=CC[C@@H]3[C@@H](CC[C@@]4(C)[C@H]3CCC4(C)O)[C@]21CO. The zero-order chi connectivity index (χ0) is 17.3. The van der Waals surface area contributed by atoms with Crippen molar-refractivity contribution in [2.24, 2.45) is 34.5 Å². The first-order valence-electron chi connectivity index (χ1n) is 9.97. The van der Waals surface area contributed by atoms with E-state index < -0.39 is 5.60 Å². The third-order valence-electron chi connectivity index (χ3n) is 9.12. The van der Waals surface area contributed by atoms with E-state index in [2.05, 4.69) is 19.9 Å². The summed E-state index contributed by atoms with van der Waals surface area (Å²) in [6, 6.07) is 0. The summed E-state index contributed by atoms with van der Waals surface area (Å²) in [6.45, 7) is 6.79. The molecular weight excluding hydrogens is 300 g/mol. The minimum absolute atomic E-state index is 0.0214. The Labute approximate surface area is 146 Å². The largest absolute Gasteiger partial charge is 0.395 e. The van der Waals surface area contributed by atoms with Crippen LogP contribution in [0.3, 0.4) is 0 Å². The van der Waals surface area contributed by atoms with E-state index in [1.165, 1.54) is 5.57 Å². The zero-order valence-corrected chi connectivity index (χ0v) is 15.5. The number of fused-ring (bicyclic) bond motifs is 5. The molecular formula is C21H34O3. The van der Waals surface area contributed by atoms with Gasteiger partial charge in [-0.15, -0.1) is 0 Å². The molecule has 3 saturated carbocycles. The number of rotatable bonds is 1. The molecule has 136 valence electrons. The highest BCUT2D eigenvalue weighted by molar-refractivity contribution is 5.28. The lowest BCUT2D eigenvalue weighted by atomic mass is 9.44. The molecule has 0 heterocycles. The normalized spacial score (nSPS) is 56.9. The van der Waals surface area contributed by atoms with Crippen molar-refractivity contribution in [3.8, 4) is 0 Å². The maximum atomic E-state index is 11.0. The van der Waals surface area contributed by atoms with Gasteiger partial charge in [-0.05, 0) is 81.0 Å². The van der Waals surface area contributed by atoms with Crippen molar-refractivity contribution in [3.63, 3.8) is 0 Å². The summed E-state index contributed by atoms with van der Waals surface area (Å²) in [6.07, 6.45) is 8.92. The second-order valence-electron chi connectivity index (χ2n) is 9.80. The highest BCUT2D eigenvalue weighted by atomic mass is 16.3. The maximum Gasteiger partial charge on any atom is 0.0675 e. The molecule has 0 spiro atoms. The van der Waals surface area contributed by atoms with Crippen molar-refractivity contribution in [2.75, 3.05) is 6.61 Å². The van der Waals surface area contributed by atoms with E-state index in [0.717, 1.165) is 44.9 Å². The van der Waals surface area contributed by atoms with E-state index in [0.29, 0.717) is 23.7 Å². The minimum atomic E-state index is -0.548. The molecule has 8 atom stereocenters. The van der Waals surface area contributed by atoms with Crippen LogP contribution in [0.2, 0.25) is 0 Å². The van der Waals surface area contributed by atoms with Gasteiger partial charge in [0.2, 0.25) is 0 Å². The standard InChI is InChI=1S/C21H34O3/c1-13-10-15(23)11-14-4-5-16-17-7-9-20(3,24)19(17,2)8-6-18(16)21(13,14)12-22/h4,13,15-18,22-24H,5-12H2,1-3H3/t13?,15?,16-,17-,18+,19-,20?,21-/m0/s1. The molecule has 0 saturated heterocycles. The first kappa shape index (κ1) is 17.1. The van der Waals surface area contributed by atoms with Crippen LogP contribution in [0.1, 0.15) is 65.7 Å². The Hall–Kier alpha value is -0.380. The predicted molar refractivity (Wildman–Crippen MR) is 94.3 cm³/mol. The number of aliphatic hydroxyl groups excluding tert-OH is 2.